The molecule has 0 radical (unpaired) electrons. The number of aliphatic carboxylic acids is 2. The summed E-state index contributed by atoms with van der Waals surface area (Å²) in [6.45, 7) is 18.5. The Morgan fingerprint density at radius 2 is 1.25 bits per heavy atom. The largest absolute Gasteiger partial charge is 0.502 e. The van der Waals surface area contributed by atoms with Gasteiger partial charge in [-0.15, -0.1) is 0 Å². The highest BCUT2D eigenvalue weighted by Gasteiger charge is 2.70. The maximum absolute atomic E-state index is 12.7. The van der Waals surface area contributed by atoms with E-state index in [9.17, 15) is 70.6 Å². The molecule has 4 aliphatic heterocycles. The lowest BCUT2D eigenvalue weighted by Crippen LogP contribution is -2.68. The Kier molecular flexibility index (Phi) is 15.4. The molecule has 9 rings (SSSR count). The number of carboxylic acids is 2. The van der Waals surface area contributed by atoms with Gasteiger partial charge < -0.3 is 94.1 Å². The molecule has 9 aliphatic rings. The molecule has 5 aliphatic carbocycles. The molecule has 22 nitrogen and oxygen atoms in total. The van der Waals surface area contributed by atoms with Crippen molar-refractivity contribution in [3.8, 4) is 0 Å². The fourth-order valence-electron chi connectivity index (χ4n) is 16.3. The maximum atomic E-state index is 12.7. The summed E-state index contributed by atoms with van der Waals surface area (Å²) in [5.74, 6) is -3.85. The van der Waals surface area contributed by atoms with E-state index in [0.29, 0.717) is 19.3 Å². The van der Waals surface area contributed by atoms with E-state index in [1.807, 2.05) is 6.92 Å². The van der Waals surface area contributed by atoms with Gasteiger partial charge in [-0.05, 0) is 111 Å². The lowest BCUT2D eigenvalue weighted by molar-refractivity contribution is -0.393. The van der Waals surface area contributed by atoms with Gasteiger partial charge in [0, 0.05) is 10.8 Å². The smallest absolute Gasteiger partial charge is 0.335 e. The van der Waals surface area contributed by atoms with Crippen molar-refractivity contribution < 1.29 is 108 Å². The van der Waals surface area contributed by atoms with E-state index >= 15 is 0 Å². The number of ketones is 1. The summed E-state index contributed by atoms with van der Waals surface area (Å²) in [5.41, 5.74) is -0.723. The van der Waals surface area contributed by atoms with Gasteiger partial charge in [0.1, 0.15) is 60.7 Å². The molecule has 11 N–H and O–H groups in total. The highest BCUT2D eigenvalue weighted by Crippen LogP contribution is 2.76. The number of rotatable bonds is 11. The second-order valence-corrected chi connectivity index (χ2v) is 25.8. The second kappa shape index (κ2) is 20.3. The van der Waals surface area contributed by atoms with Crippen molar-refractivity contribution in [1.29, 1.82) is 0 Å². The number of ether oxygens (including phenoxy) is 8. The van der Waals surface area contributed by atoms with E-state index in [1.165, 1.54) is 12.5 Å². The number of hydrogen-bond donors (Lipinski definition) is 11. The number of carbonyl (C=O) groups excluding carboxylic acids is 1. The van der Waals surface area contributed by atoms with Crippen molar-refractivity contribution in [3.05, 3.63) is 23.2 Å². The Morgan fingerprint density at radius 1 is 0.658 bits per heavy atom. The topological polar surface area (TPSA) is 348 Å². The quantitative estimate of drug-likeness (QED) is 0.104. The third-order valence-corrected chi connectivity index (χ3v) is 21.0. The Morgan fingerprint density at radius 3 is 1.83 bits per heavy atom. The first kappa shape index (κ1) is 57.8. The molecule has 430 valence electrons. The van der Waals surface area contributed by atoms with Gasteiger partial charge in [-0.2, -0.15) is 0 Å². The molecule has 7 fully saturated rings. The van der Waals surface area contributed by atoms with Crippen LogP contribution < -0.4 is 0 Å². The average molecular weight is 1080 g/mol. The third kappa shape index (κ3) is 9.18. The van der Waals surface area contributed by atoms with Crippen LogP contribution in [0.4, 0.5) is 0 Å². The summed E-state index contributed by atoms with van der Waals surface area (Å²) in [7, 11) is 0. The summed E-state index contributed by atoms with van der Waals surface area (Å²) in [5, 5.41) is 119. The summed E-state index contributed by atoms with van der Waals surface area (Å²) < 4.78 is 48.6. The standard InChI is InChI=1S/C54H82O22/c1-22-32(57)26(56)18-31(69-22)71-30-20-49(3,4)19-25-24-10-11-28-51(6)14-13-29(52(7,21-55)27(51)12-15-54(28,9)53(24,8)17-16-50(25,30)5)72-47-42(37(62)35(60)40(73-47)44(65)66)76-48-43(38(63)36(61)41(74-48)45(67)68)75-46-39(64)34(59)33(58)23(2)70-46/h10,23,25,27-31,33-43,46-48,55,57-64H,11-21H2,1-9H3,(H,65,66)(H,67,68). The van der Waals surface area contributed by atoms with E-state index in [4.69, 9.17) is 37.9 Å². The molecule has 0 aromatic rings. The number of allylic oxidation sites excluding steroid dienone is 4. The van der Waals surface area contributed by atoms with Crippen molar-refractivity contribution in [1.82, 2.24) is 0 Å². The molecule has 26 unspecified atom stereocenters. The van der Waals surface area contributed by atoms with Gasteiger partial charge in [-0.25, -0.2) is 9.59 Å². The van der Waals surface area contributed by atoms with Gasteiger partial charge in [0.15, 0.2) is 36.8 Å². The van der Waals surface area contributed by atoms with E-state index in [2.05, 4.69) is 47.6 Å². The van der Waals surface area contributed by atoms with E-state index in [1.54, 1.807) is 6.92 Å². The van der Waals surface area contributed by atoms with E-state index in [-0.39, 0.29) is 75.5 Å². The number of hydrogen-bond acceptors (Lipinski definition) is 20. The van der Waals surface area contributed by atoms with Crippen LogP contribution in [0.1, 0.15) is 127 Å². The van der Waals surface area contributed by atoms with Crippen LogP contribution in [0.2, 0.25) is 0 Å². The van der Waals surface area contributed by atoms with Gasteiger partial charge in [-0.3, -0.25) is 4.79 Å². The Labute approximate surface area is 442 Å². The minimum absolute atomic E-state index is 0.0600. The third-order valence-electron chi connectivity index (χ3n) is 21.0. The first-order valence-electron chi connectivity index (χ1n) is 27.1. The van der Waals surface area contributed by atoms with E-state index < -0.39 is 128 Å². The minimum Gasteiger partial charge on any atom is -0.502 e. The van der Waals surface area contributed by atoms with Crippen LogP contribution in [0.25, 0.3) is 0 Å². The maximum Gasteiger partial charge on any atom is 0.335 e. The number of carbonyl (C=O) groups is 3. The van der Waals surface area contributed by atoms with Crippen LogP contribution in [0, 0.1) is 50.2 Å². The Bertz CT molecular complexity index is 2290. The Balaban J connectivity index is 0.986. The number of carboxylic acid groups (broad SMARTS) is 2. The van der Waals surface area contributed by atoms with Gasteiger partial charge in [0.2, 0.25) is 12.1 Å². The van der Waals surface area contributed by atoms with Crippen molar-refractivity contribution in [2.24, 2.45) is 50.2 Å². The van der Waals surface area contributed by atoms with Crippen LogP contribution in [0.15, 0.2) is 23.2 Å². The molecular weight excluding hydrogens is 1000 g/mol. The van der Waals surface area contributed by atoms with E-state index in [0.717, 1.165) is 38.5 Å². The van der Waals surface area contributed by atoms with Crippen molar-refractivity contribution in [2.75, 3.05) is 6.61 Å². The minimum atomic E-state index is -2.18. The predicted molar refractivity (Wildman–Crippen MR) is 260 cm³/mol. The summed E-state index contributed by atoms with van der Waals surface area (Å²) in [6, 6.07) is 0. The molecule has 0 spiro atoms. The summed E-state index contributed by atoms with van der Waals surface area (Å²) in [6.07, 6.45) is -21.8. The number of Topliss-reactive ketones (excluding diaryl/α,β-unsaturated/α-hetero) is 1. The molecule has 26 atom stereocenters. The Hall–Kier alpha value is -2.91. The predicted octanol–water partition coefficient (Wildman–Crippen LogP) is 1.93. The molecule has 3 saturated heterocycles. The number of aliphatic hydroxyl groups excluding tert-OH is 9. The zero-order valence-corrected chi connectivity index (χ0v) is 44.9. The molecule has 4 heterocycles. The summed E-state index contributed by atoms with van der Waals surface area (Å²) in [4.78, 5) is 37.6. The monoisotopic (exact) mass is 1080 g/mol. The average Bonchev–Trinajstić information content (AvgIpc) is 3.53. The van der Waals surface area contributed by atoms with Crippen LogP contribution in [-0.4, -0.2) is 191 Å². The van der Waals surface area contributed by atoms with Gasteiger partial charge >= 0.3 is 11.9 Å². The van der Waals surface area contributed by atoms with Crippen molar-refractivity contribution >= 4 is 17.7 Å². The van der Waals surface area contributed by atoms with Crippen LogP contribution >= 0.6 is 0 Å². The van der Waals surface area contributed by atoms with Crippen molar-refractivity contribution in [3.63, 3.8) is 0 Å². The van der Waals surface area contributed by atoms with Crippen LogP contribution in [0.5, 0.6) is 0 Å². The molecule has 22 heteroatoms. The first-order chi connectivity index (χ1) is 35.4. The van der Waals surface area contributed by atoms with Gasteiger partial charge in [0.05, 0.1) is 31.3 Å². The zero-order chi connectivity index (χ0) is 55.7. The van der Waals surface area contributed by atoms with Gasteiger partial charge in [-0.1, -0.05) is 60.1 Å². The number of aliphatic hydroxyl groups is 9. The molecule has 0 bridgehead atoms. The van der Waals surface area contributed by atoms with Crippen LogP contribution in [0.3, 0.4) is 0 Å². The summed E-state index contributed by atoms with van der Waals surface area (Å²) >= 11 is 0. The molecule has 4 saturated carbocycles. The number of fused-ring (bicyclic) bond motifs is 7. The normalized spacial score (nSPS) is 52.2. The SMILES string of the molecule is CC1=C(O)C(=O)CC(OC2CC(C)(C)CC3C4=CCC5C6(C)CCC(OC7OC(C(=O)O)C(O)C(O)C7OC7OC(C(=O)O)C(O)C(O)C7OC7OC(C)C(O)C(O)C7O)C(C)(CO)C6CCC5(C)C4(C)CCC23C)O1. The lowest BCUT2D eigenvalue weighted by Gasteiger charge is -2.72. The molecule has 0 aromatic carbocycles. The second-order valence-electron chi connectivity index (χ2n) is 25.8. The lowest BCUT2D eigenvalue weighted by atomic mass is 9.33. The zero-order valence-electron chi connectivity index (χ0n) is 44.9. The van der Waals surface area contributed by atoms with Crippen LogP contribution in [-0.2, 0) is 52.3 Å². The molecule has 76 heavy (non-hydrogen) atoms. The fraction of sp³-hybridized carbons (Fsp3) is 0.870. The highest BCUT2D eigenvalue weighted by atomic mass is 16.8. The molecule has 0 amide bonds. The fourth-order valence-corrected chi connectivity index (χ4v) is 16.3. The molecule has 0 aromatic heterocycles. The highest BCUT2D eigenvalue weighted by molar-refractivity contribution is 5.94. The first-order valence-corrected chi connectivity index (χ1v) is 27.1. The molecular formula is C54H82O22. The van der Waals surface area contributed by atoms with Crippen molar-refractivity contribution in [2.45, 2.75) is 237 Å². The van der Waals surface area contributed by atoms with Gasteiger partial charge in [0.25, 0.3) is 0 Å².